The highest BCUT2D eigenvalue weighted by Gasteiger charge is 2.52. The van der Waals surface area contributed by atoms with E-state index in [4.69, 9.17) is 5.11 Å². The van der Waals surface area contributed by atoms with E-state index in [-0.39, 0.29) is 17.8 Å². The van der Waals surface area contributed by atoms with Gasteiger partial charge in [0.1, 0.15) is 6.29 Å². The number of carboxylic acid groups (broad SMARTS) is 1. The zero-order valence-electron chi connectivity index (χ0n) is 14.9. The highest BCUT2D eigenvalue weighted by atomic mass is 16.4. The minimum absolute atomic E-state index is 0.0473. The van der Waals surface area contributed by atoms with Gasteiger partial charge in [-0.15, -0.1) is 0 Å². The molecule has 2 aliphatic carbocycles. The molecule has 0 aromatic rings. The number of fused-ring (bicyclic) bond motifs is 1. The monoisotopic (exact) mass is 320 g/mol. The van der Waals surface area contributed by atoms with Crippen molar-refractivity contribution in [3.05, 3.63) is 12.2 Å². The van der Waals surface area contributed by atoms with Crippen LogP contribution in [0.25, 0.3) is 0 Å². The van der Waals surface area contributed by atoms with Gasteiger partial charge in [0, 0.05) is 5.92 Å². The molecule has 0 aromatic carbocycles. The van der Waals surface area contributed by atoms with Crippen molar-refractivity contribution in [2.45, 2.75) is 72.1 Å². The second-order valence-corrected chi connectivity index (χ2v) is 8.72. The maximum atomic E-state index is 11.2. The molecule has 3 nitrogen and oxygen atoms in total. The Labute approximate surface area is 140 Å². The lowest BCUT2D eigenvalue weighted by Gasteiger charge is -2.58. The largest absolute Gasteiger partial charge is 0.481 e. The Morgan fingerprint density at radius 1 is 1.39 bits per heavy atom. The average molecular weight is 320 g/mol. The third-order valence-electron chi connectivity index (χ3n) is 6.77. The summed E-state index contributed by atoms with van der Waals surface area (Å²) in [5, 5.41) is 8.93. The summed E-state index contributed by atoms with van der Waals surface area (Å²) in [5.41, 5.74) is 1.95. The summed E-state index contributed by atoms with van der Waals surface area (Å²) in [6.07, 6.45) is 8.44. The first-order valence-electron chi connectivity index (χ1n) is 9.05. The summed E-state index contributed by atoms with van der Waals surface area (Å²) in [4.78, 5) is 22.1. The highest BCUT2D eigenvalue weighted by molar-refractivity contribution is 5.71. The smallest absolute Gasteiger partial charge is 0.304 e. The summed E-state index contributed by atoms with van der Waals surface area (Å²) in [5.74, 6) is -0.112. The Kier molecular flexibility index (Phi) is 5.37. The van der Waals surface area contributed by atoms with Crippen LogP contribution < -0.4 is 0 Å². The molecule has 4 atom stereocenters. The van der Waals surface area contributed by atoms with Crippen molar-refractivity contribution in [2.75, 3.05) is 0 Å². The Balaban J connectivity index is 2.13. The van der Waals surface area contributed by atoms with Crippen molar-refractivity contribution in [2.24, 2.45) is 28.6 Å². The number of carboxylic acids is 1. The molecule has 1 N–H and O–H groups in total. The maximum Gasteiger partial charge on any atom is 0.304 e. The molecule has 0 radical (unpaired) electrons. The minimum atomic E-state index is -0.882. The number of carbonyl (C=O) groups excluding carboxylic acids is 1. The van der Waals surface area contributed by atoms with E-state index in [0.29, 0.717) is 23.7 Å². The Hall–Kier alpha value is -1.12. The molecule has 0 bridgehead atoms. The van der Waals surface area contributed by atoms with Crippen LogP contribution in [0.4, 0.5) is 0 Å². The minimum Gasteiger partial charge on any atom is -0.481 e. The van der Waals surface area contributed by atoms with Crippen LogP contribution in [0.1, 0.15) is 72.1 Å². The van der Waals surface area contributed by atoms with Crippen LogP contribution in [-0.2, 0) is 9.59 Å². The van der Waals surface area contributed by atoms with Crippen molar-refractivity contribution in [1.29, 1.82) is 0 Å². The number of hydrogen-bond donors (Lipinski definition) is 1. The fourth-order valence-corrected chi connectivity index (χ4v) is 5.63. The molecule has 0 saturated heterocycles. The van der Waals surface area contributed by atoms with Crippen molar-refractivity contribution in [3.63, 3.8) is 0 Å². The molecule has 2 aliphatic rings. The van der Waals surface area contributed by atoms with Gasteiger partial charge in [0.25, 0.3) is 0 Å². The van der Waals surface area contributed by atoms with Gasteiger partial charge in [-0.2, -0.15) is 0 Å². The molecule has 23 heavy (non-hydrogen) atoms. The van der Waals surface area contributed by atoms with E-state index < -0.39 is 5.97 Å². The molecule has 3 heteroatoms. The van der Waals surface area contributed by atoms with Crippen LogP contribution in [0.3, 0.4) is 0 Å². The molecule has 0 unspecified atom stereocenters. The fraction of sp³-hybridized carbons (Fsp3) is 0.800. The number of aldehydes is 1. The number of hydrogen-bond acceptors (Lipinski definition) is 2. The van der Waals surface area contributed by atoms with Gasteiger partial charge in [-0.1, -0.05) is 39.3 Å². The lowest BCUT2D eigenvalue weighted by molar-refractivity contribution is -0.139. The quantitative estimate of drug-likeness (QED) is 0.562. The van der Waals surface area contributed by atoms with Gasteiger partial charge in [0.15, 0.2) is 0 Å². The second-order valence-electron chi connectivity index (χ2n) is 8.72. The predicted molar refractivity (Wildman–Crippen MR) is 92.1 cm³/mol. The topological polar surface area (TPSA) is 54.4 Å². The van der Waals surface area contributed by atoms with E-state index in [2.05, 4.69) is 27.4 Å². The third-order valence-corrected chi connectivity index (χ3v) is 6.77. The SMILES string of the molecule is C=C1CC[C@@H]2C(C)(C)CCC[C@@]2(C)[C@@H]1CC[C@H](C=O)CC(=O)O. The van der Waals surface area contributed by atoms with Crippen molar-refractivity contribution in [3.8, 4) is 0 Å². The number of allylic oxidation sites excluding steroid dienone is 1. The average Bonchev–Trinajstić information content (AvgIpc) is 2.43. The lowest BCUT2D eigenvalue weighted by atomic mass is 9.47. The first-order valence-corrected chi connectivity index (χ1v) is 9.05. The number of carbonyl (C=O) groups is 2. The zero-order valence-corrected chi connectivity index (χ0v) is 14.9. The summed E-state index contributed by atoms with van der Waals surface area (Å²) >= 11 is 0. The maximum absolute atomic E-state index is 11.2. The van der Waals surface area contributed by atoms with Gasteiger partial charge in [-0.3, -0.25) is 4.79 Å². The molecular weight excluding hydrogens is 288 g/mol. The van der Waals surface area contributed by atoms with E-state index in [1.807, 2.05) is 0 Å². The second kappa shape index (κ2) is 6.78. The van der Waals surface area contributed by atoms with Crippen LogP contribution in [0.2, 0.25) is 0 Å². The normalized spacial score (nSPS) is 34.5. The summed E-state index contributed by atoms with van der Waals surface area (Å²) < 4.78 is 0. The molecular formula is C20H32O3. The van der Waals surface area contributed by atoms with Gasteiger partial charge in [0.2, 0.25) is 0 Å². The van der Waals surface area contributed by atoms with Crippen molar-refractivity contribution >= 4 is 12.3 Å². The Morgan fingerprint density at radius 3 is 2.70 bits per heavy atom. The van der Waals surface area contributed by atoms with Crippen LogP contribution in [0.5, 0.6) is 0 Å². The van der Waals surface area contributed by atoms with Crippen molar-refractivity contribution < 1.29 is 14.7 Å². The predicted octanol–water partition coefficient (Wildman–Crippen LogP) is 4.86. The van der Waals surface area contributed by atoms with Crippen LogP contribution in [-0.4, -0.2) is 17.4 Å². The van der Waals surface area contributed by atoms with E-state index in [0.717, 1.165) is 19.1 Å². The molecule has 0 spiro atoms. The van der Waals surface area contributed by atoms with Crippen molar-refractivity contribution in [1.82, 2.24) is 0 Å². The lowest BCUT2D eigenvalue weighted by Crippen LogP contribution is -2.49. The molecule has 0 aliphatic heterocycles. The van der Waals surface area contributed by atoms with E-state index in [1.54, 1.807) is 0 Å². The van der Waals surface area contributed by atoms with E-state index >= 15 is 0 Å². The van der Waals surface area contributed by atoms with E-state index in [1.165, 1.54) is 31.3 Å². The molecule has 2 fully saturated rings. The Bertz CT molecular complexity index is 479. The van der Waals surface area contributed by atoms with Crippen LogP contribution >= 0.6 is 0 Å². The van der Waals surface area contributed by atoms with E-state index in [9.17, 15) is 9.59 Å². The fourth-order valence-electron chi connectivity index (χ4n) is 5.63. The summed E-state index contributed by atoms with van der Waals surface area (Å²) in [6.45, 7) is 11.6. The highest BCUT2D eigenvalue weighted by Crippen LogP contribution is 2.61. The molecule has 0 aromatic heterocycles. The first-order chi connectivity index (χ1) is 10.7. The summed E-state index contributed by atoms with van der Waals surface area (Å²) in [6, 6.07) is 0. The van der Waals surface area contributed by atoms with Crippen LogP contribution in [0.15, 0.2) is 12.2 Å². The molecule has 0 heterocycles. The zero-order chi connectivity index (χ0) is 17.3. The van der Waals surface area contributed by atoms with Gasteiger partial charge in [-0.25, -0.2) is 0 Å². The van der Waals surface area contributed by atoms with Crippen LogP contribution in [0, 0.1) is 28.6 Å². The molecule has 0 amide bonds. The summed E-state index contributed by atoms with van der Waals surface area (Å²) in [7, 11) is 0. The first kappa shape index (κ1) is 18.2. The number of rotatable bonds is 6. The van der Waals surface area contributed by atoms with Gasteiger partial charge in [-0.05, 0) is 61.2 Å². The van der Waals surface area contributed by atoms with Gasteiger partial charge < -0.3 is 9.90 Å². The third kappa shape index (κ3) is 3.70. The molecule has 2 saturated carbocycles. The standard InChI is InChI=1S/C20H32O3/c1-14-6-9-17-19(2,3)10-5-11-20(17,4)16(14)8-7-15(13-21)12-18(22)23/h13,15-17H,1,5-12H2,2-4H3,(H,22,23)/t15-,16+,17+,20-/m0/s1. The molecule has 2 rings (SSSR count). The Morgan fingerprint density at radius 2 is 2.09 bits per heavy atom. The molecule has 130 valence electrons. The van der Waals surface area contributed by atoms with Gasteiger partial charge in [0.05, 0.1) is 6.42 Å². The number of aliphatic carboxylic acids is 1. The van der Waals surface area contributed by atoms with Gasteiger partial charge >= 0.3 is 5.97 Å².